The molecule has 0 aromatic heterocycles. The van der Waals surface area contributed by atoms with Gasteiger partial charge in [-0.3, -0.25) is 0 Å². The molecule has 0 spiro atoms. The normalized spacial score (nSPS) is 10.8. The molecule has 1 nitrogen and oxygen atoms in total. The number of hydrogen-bond acceptors (Lipinski definition) is 2. The molecule has 1 aromatic rings. The number of hydrogen-bond donors (Lipinski definition) is 1. The maximum atomic E-state index is 5.86. The molecule has 0 unspecified atom stereocenters. The minimum atomic E-state index is 0.670. The van der Waals surface area contributed by atoms with E-state index < -0.39 is 0 Å². The van der Waals surface area contributed by atoms with Crippen LogP contribution in [0.3, 0.4) is 0 Å². The van der Waals surface area contributed by atoms with E-state index in [4.69, 9.17) is 17.3 Å². The Morgan fingerprint density at radius 2 is 2.15 bits per heavy atom. The largest absolute Gasteiger partial charge is 0.398 e. The first-order valence-electron chi connectivity index (χ1n) is 4.27. The molecule has 0 aliphatic carbocycles. The SMILES string of the molecule is CC(C)CSc1cc(Cl)ccc1N. The Labute approximate surface area is 88.7 Å². The summed E-state index contributed by atoms with van der Waals surface area (Å²) in [7, 11) is 0. The van der Waals surface area contributed by atoms with Gasteiger partial charge in [-0.1, -0.05) is 25.4 Å². The van der Waals surface area contributed by atoms with Gasteiger partial charge in [-0.25, -0.2) is 0 Å². The van der Waals surface area contributed by atoms with Crippen LogP contribution >= 0.6 is 23.4 Å². The maximum Gasteiger partial charge on any atom is 0.0453 e. The number of halogens is 1. The third-order valence-corrected chi connectivity index (χ3v) is 3.28. The summed E-state index contributed by atoms with van der Waals surface area (Å²) >= 11 is 7.62. The monoisotopic (exact) mass is 215 g/mol. The van der Waals surface area contributed by atoms with Gasteiger partial charge in [-0.15, -0.1) is 11.8 Å². The van der Waals surface area contributed by atoms with E-state index in [0.717, 1.165) is 21.4 Å². The van der Waals surface area contributed by atoms with E-state index in [-0.39, 0.29) is 0 Å². The molecule has 0 aliphatic rings. The van der Waals surface area contributed by atoms with E-state index in [0.29, 0.717) is 5.92 Å². The van der Waals surface area contributed by atoms with Crippen LogP contribution in [0, 0.1) is 5.92 Å². The van der Waals surface area contributed by atoms with Crippen LogP contribution in [-0.4, -0.2) is 5.75 Å². The lowest BCUT2D eigenvalue weighted by atomic mass is 10.3. The van der Waals surface area contributed by atoms with Crippen LogP contribution in [0.2, 0.25) is 5.02 Å². The molecule has 0 radical (unpaired) electrons. The molecule has 0 saturated heterocycles. The highest BCUT2D eigenvalue weighted by Crippen LogP contribution is 2.29. The summed E-state index contributed by atoms with van der Waals surface area (Å²) in [5.74, 6) is 1.74. The summed E-state index contributed by atoms with van der Waals surface area (Å²) in [6, 6.07) is 5.59. The van der Waals surface area contributed by atoms with E-state index in [1.54, 1.807) is 11.8 Å². The molecule has 0 fully saturated rings. The van der Waals surface area contributed by atoms with Crippen LogP contribution in [0.1, 0.15) is 13.8 Å². The van der Waals surface area contributed by atoms with Gasteiger partial charge in [0.1, 0.15) is 0 Å². The summed E-state index contributed by atoms with van der Waals surface area (Å²) in [5, 5.41) is 0.750. The van der Waals surface area contributed by atoms with E-state index in [1.165, 1.54) is 0 Å². The third kappa shape index (κ3) is 3.49. The van der Waals surface area contributed by atoms with Crippen molar-refractivity contribution in [2.24, 2.45) is 5.92 Å². The Morgan fingerprint density at radius 3 is 2.77 bits per heavy atom. The van der Waals surface area contributed by atoms with Gasteiger partial charge in [-0.2, -0.15) is 0 Å². The number of nitrogens with two attached hydrogens (primary N) is 1. The summed E-state index contributed by atoms with van der Waals surface area (Å²) < 4.78 is 0. The van der Waals surface area contributed by atoms with Gasteiger partial charge in [0.15, 0.2) is 0 Å². The summed E-state index contributed by atoms with van der Waals surface area (Å²) in [5.41, 5.74) is 6.61. The van der Waals surface area contributed by atoms with Crippen LogP contribution in [0.5, 0.6) is 0 Å². The Bertz CT molecular complexity index is 286. The molecule has 0 saturated carbocycles. The molecule has 0 heterocycles. The predicted molar refractivity (Wildman–Crippen MR) is 61.4 cm³/mol. The molecule has 3 heteroatoms. The lowest BCUT2D eigenvalue weighted by molar-refractivity contribution is 0.750. The van der Waals surface area contributed by atoms with Crippen molar-refractivity contribution in [2.75, 3.05) is 11.5 Å². The molecule has 1 aromatic carbocycles. The molecule has 2 N–H and O–H groups in total. The molecule has 0 aliphatic heterocycles. The van der Waals surface area contributed by atoms with Crippen molar-refractivity contribution < 1.29 is 0 Å². The highest BCUT2D eigenvalue weighted by molar-refractivity contribution is 7.99. The number of rotatable bonds is 3. The number of nitrogen functional groups attached to an aromatic ring is 1. The van der Waals surface area contributed by atoms with Gasteiger partial charge in [0.25, 0.3) is 0 Å². The second-order valence-electron chi connectivity index (χ2n) is 3.39. The highest BCUT2D eigenvalue weighted by atomic mass is 35.5. The van der Waals surface area contributed by atoms with Gasteiger partial charge in [0.2, 0.25) is 0 Å². The minimum Gasteiger partial charge on any atom is -0.398 e. The molecular weight excluding hydrogens is 202 g/mol. The number of anilines is 1. The van der Waals surface area contributed by atoms with E-state index in [1.807, 2.05) is 18.2 Å². The van der Waals surface area contributed by atoms with Crippen LogP contribution in [0.4, 0.5) is 5.69 Å². The van der Waals surface area contributed by atoms with Crippen molar-refractivity contribution in [2.45, 2.75) is 18.7 Å². The lowest BCUT2D eigenvalue weighted by Gasteiger charge is -2.07. The fourth-order valence-electron chi connectivity index (χ4n) is 0.890. The second-order valence-corrected chi connectivity index (χ2v) is 4.89. The van der Waals surface area contributed by atoms with Crippen molar-refractivity contribution >= 4 is 29.1 Å². The summed E-state index contributed by atoms with van der Waals surface area (Å²) in [6.07, 6.45) is 0. The average molecular weight is 216 g/mol. The molecule has 1 rings (SSSR count). The zero-order valence-corrected chi connectivity index (χ0v) is 9.45. The first-order valence-corrected chi connectivity index (χ1v) is 5.64. The van der Waals surface area contributed by atoms with E-state index in [2.05, 4.69) is 13.8 Å². The van der Waals surface area contributed by atoms with Crippen LogP contribution in [0.15, 0.2) is 23.1 Å². The van der Waals surface area contributed by atoms with Crippen molar-refractivity contribution in [3.05, 3.63) is 23.2 Å². The first kappa shape index (κ1) is 10.7. The number of thioether (sulfide) groups is 1. The van der Waals surface area contributed by atoms with Gasteiger partial charge in [-0.05, 0) is 24.1 Å². The first-order chi connectivity index (χ1) is 6.09. The molecule has 0 amide bonds. The fraction of sp³-hybridized carbons (Fsp3) is 0.400. The van der Waals surface area contributed by atoms with Crippen LogP contribution < -0.4 is 5.73 Å². The third-order valence-electron chi connectivity index (χ3n) is 1.55. The van der Waals surface area contributed by atoms with Crippen molar-refractivity contribution in [1.29, 1.82) is 0 Å². The van der Waals surface area contributed by atoms with Crippen molar-refractivity contribution in [3.63, 3.8) is 0 Å². The zero-order chi connectivity index (χ0) is 9.84. The Hall–Kier alpha value is -0.340. The van der Waals surface area contributed by atoms with Crippen molar-refractivity contribution in [3.8, 4) is 0 Å². The minimum absolute atomic E-state index is 0.670. The molecule has 72 valence electrons. The molecular formula is C10H14ClNS. The Balaban J connectivity index is 2.70. The van der Waals surface area contributed by atoms with Crippen LogP contribution in [-0.2, 0) is 0 Å². The van der Waals surface area contributed by atoms with Crippen LogP contribution in [0.25, 0.3) is 0 Å². The Kier molecular flexibility index (Phi) is 3.94. The van der Waals surface area contributed by atoms with E-state index in [9.17, 15) is 0 Å². The highest BCUT2D eigenvalue weighted by Gasteiger charge is 2.02. The molecule has 0 atom stereocenters. The smallest absolute Gasteiger partial charge is 0.0453 e. The average Bonchev–Trinajstić information content (AvgIpc) is 2.06. The summed E-state index contributed by atoms with van der Waals surface area (Å²) in [4.78, 5) is 1.08. The van der Waals surface area contributed by atoms with E-state index >= 15 is 0 Å². The van der Waals surface area contributed by atoms with Gasteiger partial charge >= 0.3 is 0 Å². The van der Waals surface area contributed by atoms with Gasteiger partial charge in [0.05, 0.1) is 0 Å². The zero-order valence-electron chi connectivity index (χ0n) is 7.88. The molecule has 0 bridgehead atoms. The second kappa shape index (κ2) is 4.77. The van der Waals surface area contributed by atoms with Gasteiger partial charge < -0.3 is 5.73 Å². The van der Waals surface area contributed by atoms with Gasteiger partial charge in [0, 0.05) is 21.4 Å². The maximum absolute atomic E-state index is 5.86. The predicted octanol–water partition coefficient (Wildman–Crippen LogP) is 3.67. The number of benzene rings is 1. The summed E-state index contributed by atoms with van der Waals surface area (Å²) in [6.45, 7) is 4.38. The standard InChI is InChI=1S/C10H14ClNS/c1-7(2)6-13-10-5-8(11)3-4-9(10)12/h3-5,7H,6,12H2,1-2H3. The molecule has 13 heavy (non-hydrogen) atoms. The fourth-order valence-corrected chi connectivity index (χ4v) is 2.08. The lowest BCUT2D eigenvalue weighted by Crippen LogP contribution is -1.93. The quantitative estimate of drug-likeness (QED) is 0.615. The Morgan fingerprint density at radius 1 is 1.46 bits per heavy atom. The topological polar surface area (TPSA) is 26.0 Å². The van der Waals surface area contributed by atoms with Crippen molar-refractivity contribution in [1.82, 2.24) is 0 Å².